The molecule has 2 rings (SSSR count). The van der Waals surface area contributed by atoms with Crippen LogP contribution in [0.15, 0.2) is 24.4 Å². The standard InChI is InChI=1S/C16H22N2/c1-15(2,3)12-9-11-7-8-13(16(4,5)6)18-14(11)17-10-12/h7-10H,1-6H3. The topological polar surface area (TPSA) is 25.8 Å². The highest BCUT2D eigenvalue weighted by molar-refractivity contribution is 5.75. The maximum atomic E-state index is 4.66. The zero-order valence-corrected chi connectivity index (χ0v) is 12.2. The van der Waals surface area contributed by atoms with Gasteiger partial charge in [-0.05, 0) is 29.2 Å². The van der Waals surface area contributed by atoms with Crippen molar-refractivity contribution in [2.75, 3.05) is 0 Å². The third-order valence-electron chi connectivity index (χ3n) is 3.18. The average molecular weight is 242 g/mol. The number of nitrogens with zero attached hydrogens (tertiary/aromatic N) is 2. The predicted octanol–water partition coefficient (Wildman–Crippen LogP) is 4.22. The summed E-state index contributed by atoms with van der Waals surface area (Å²) in [5.74, 6) is 0. The molecule has 2 heterocycles. The molecule has 0 fully saturated rings. The molecule has 0 saturated heterocycles. The average Bonchev–Trinajstić information content (AvgIpc) is 2.25. The lowest BCUT2D eigenvalue weighted by molar-refractivity contribution is 0.570. The number of fused-ring (bicyclic) bond motifs is 1. The van der Waals surface area contributed by atoms with Crippen LogP contribution in [0.5, 0.6) is 0 Å². The monoisotopic (exact) mass is 242 g/mol. The SMILES string of the molecule is CC(C)(C)c1cnc2nc(C(C)(C)C)ccc2c1. The summed E-state index contributed by atoms with van der Waals surface area (Å²) in [5, 5.41) is 1.12. The van der Waals surface area contributed by atoms with E-state index < -0.39 is 0 Å². The van der Waals surface area contributed by atoms with Crippen LogP contribution in [0.3, 0.4) is 0 Å². The first-order valence-corrected chi connectivity index (χ1v) is 6.46. The van der Waals surface area contributed by atoms with Gasteiger partial charge in [0.1, 0.15) is 0 Å². The van der Waals surface area contributed by atoms with Gasteiger partial charge in [0.25, 0.3) is 0 Å². The quantitative estimate of drug-likeness (QED) is 0.691. The van der Waals surface area contributed by atoms with Crippen LogP contribution >= 0.6 is 0 Å². The minimum absolute atomic E-state index is 0.0680. The minimum Gasteiger partial charge on any atom is -0.236 e. The first kappa shape index (κ1) is 13.0. The highest BCUT2D eigenvalue weighted by Crippen LogP contribution is 2.26. The molecule has 0 aliphatic heterocycles. The summed E-state index contributed by atoms with van der Waals surface area (Å²) in [4.78, 5) is 9.17. The fraction of sp³-hybridized carbons (Fsp3) is 0.500. The van der Waals surface area contributed by atoms with Crippen molar-refractivity contribution >= 4 is 11.0 Å². The minimum atomic E-state index is 0.0680. The van der Waals surface area contributed by atoms with Crippen molar-refractivity contribution in [2.45, 2.75) is 52.4 Å². The molecule has 0 saturated carbocycles. The van der Waals surface area contributed by atoms with Crippen LogP contribution in [0.25, 0.3) is 11.0 Å². The van der Waals surface area contributed by atoms with E-state index in [1.165, 1.54) is 5.56 Å². The Morgan fingerprint density at radius 3 is 2.11 bits per heavy atom. The molecule has 0 aromatic carbocycles. The van der Waals surface area contributed by atoms with Gasteiger partial charge in [-0.3, -0.25) is 0 Å². The molecular formula is C16H22N2. The first-order chi connectivity index (χ1) is 8.18. The van der Waals surface area contributed by atoms with Crippen LogP contribution in [-0.4, -0.2) is 9.97 Å². The third kappa shape index (κ3) is 2.53. The normalized spacial score (nSPS) is 13.0. The van der Waals surface area contributed by atoms with Gasteiger partial charge in [-0.2, -0.15) is 0 Å². The highest BCUT2D eigenvalue weighted by Gasteiger charge is 2.18. The number of rotatable bonds is 0. The van der Waals surface area contributed by atoms with Gasteiger partial charge in [-0.15, -0.1) is 0 Å². The maximum absolute atomic E-state index is 4.66. The number of hydrogen-bond donors (Lipinski definition) is 0. The van der Waals surface area contributed by atoms with E-state index in [1.54, 1.807) is 0 Å². The van der Waals surface area contributed by atoms with E-state index in [-0.39, 0.29) is 10.8 Å². The number of pyridine rings is 2. The van der Waals surface area contributed by atoms with Crippen LogP contribution in [0.2, 0.25) is 0 Å². The highest BCUT2D eigenvalue weighted by atomic mass is 14.9. The van der Waals surface area contributed by atoms with Crippen molar-refractivity contribution in [3.05, 3.63) is 35.7 Å². The maximum Gasteiger partial charge on any atom is 0.159 e. The lowest BCUT2D eigenvalue weighted by atomic mass is 9.87. The molecule has 2 nitrogen and oxygen atoms in total. The van der Waals surface area contributed by atoms with Gasteiger partial charge in [0.05, 0.1) is 0 Å². The fourth-order valence-electron chi connectivity index (χ4n) is 1.84. The Bertz CT molecular complexity index is 518. The Morgan fingerprint density at radius 2 is 1.56 bits per heavy atom. The Kier molecular flexibility index (Phi) is 2.92. The largest absolute Gasteiger partial charge is 0.236 e. The summed E-state index contributed by atoms with van der Waals surface area (Å²) < 4.78 is 0. The van der Waals surface area contributed by atoms with Gasteiger partial charge < -0.3 is 0 Å². The van der Waals surface area contributed by atoms with Crippen molar-refractivity contribution in [3.63, 3.8) is 0 Å². The molecule has 0 aliphatic rings. The molecule has 2 heteroatoms. The molecule has 0 radical (unpaired) electrons. The van der Waals surface area contributed by atoms with Gasteiger partial charge in [0, 0.05) is 22.7 Å². The third-order valence-corrected chi connectivity index (χ3v) is 3.18. The summed E-state index contributed by atoms with van der Waals surface area (Å²) in [7, 11) is 0. The van der Waals surface area contributed by atoms with Crippen LogP contribution in [0.4, 0.5) is 0 Å². The van der Waals surface area contributed by atoms with Crippen LogP contribution < -0.4 is 0 Å². The Balaban J connectivity index is 2.56. The summed E-state index contributed by atoms with van der Waals surface area (Å²) in [5.41, 5.74) is 3.38. The molecule has 2 aromatic heterocycles. The molecule has 0 aliphatic carbocycles. The lowest BCUT2D eigenvalue weighted by Crippen LogP contribution is -2.14. The number of aromatic nitrogens is 2. The lowest BCUT2D eigenvalue weighted by Gasteiger charge is -2.20. The zero-order valence-electron chi connectivity index (χ0n) is 12.2. The summed E-state index contributed by atoms with van der Waals surface area (Å²) in [6.07, 6.45) is 1.95. The smallest absolute Gasteiger partial charge is 0.159 e. The Morgan fingerprint density at radius 1 is 0.889 bits per heavy atom. The van der Waals surface area contributed by atoms with E-state index in [4.69, 9.17) is 0 Å². The van der Waals surface area contributed by atoms with Crippen LogP contribution in [0, 0.1) is 0 Å². The molecule has 0 atom stereocenters. The second-order valence-corrected chi connectivity index (χ2v) is 6.97. The summed E-state index contributed by atoms with van der Waals surface area (Å²) >= 11 is 0. The predicted molar refractivity (Wildman–Crippen MR) is 76.9 cm³/mol. The van der Waals surface area contributed by atoms with Crippen LogP contribution in [-0.2, 0) is 10.8 Å². The van der Waals surface area contributed by atoms with Crippen molar-refractivity contribution < 1.29 is 0 Å². The Hall–Kier alpha value is -1.44. The van der Waals surface area contributed by atoms with E-state index >= 15 is 0 Å². The van der Waals surface area contributed by atoms with Crippen molar-refractivity contribution in [1.82, 2.24) is 9.97 Å². The van der Waals surface area contributed by atoms with E-state index in [1.807, 2.05) is 6.20 Å². The van der Waals surface area contributed by atoms with E-state index in [9.17, 15) is 0 Å². The Labute approximate surface area is 109 Å². The second kappa shape index (κ2) is 4.04. The van der Waals surface area contributed by atoms with Gasteiger partial charge in [-0.25, -0.2) is 9.97 Å². The van der Waals surface area contributed by atoms with Gasteiger partial charge in [0.2, 0.25) is 0 Å². The van der Waals surface area contributed by atoms with Gasteiger partial charge in [-0.1, -0.05) is 41.5 Å². The van der Waals surface area contributed by atoms with E-state index in [2.05, 4.69) is 69.7 Å². The van der Waals surface area contributed by atoms with Crippen molar-refractivity contribution in [2.24, 2.45) is 0 Å². The molecule has 96 valence electrons. The summed E-state index contributed by atoms with van der Waals surface area (Å²) in [6.45, 7) is 13.1. The molecular weight excluding hydrogens is 220 g/mol. The molecule has 18 heavy (non-hydrogen) atoms. The number of hydrogen-bond acceptors (Lipinski definition) is 2. The molecule has 0 unspecified atom stereocenters. The second-order valence-electron chi connectivity index (χ2n) is 6.97. The van der Waals surface area contributed by atoms with E-state index in [0.717, 1.165) is 16.7 Å². The van der Waals surface area contributed by atoms with E-state index in [0.29, 0.717) is 0 Å². The van der Waals surface area contributed by atoms with Crippen LogP contribution in [0.1, 0.15) is 52.8 Å². The van der Waals surface area contributed by atoms with Gasteiger partial charge in [0.15, 0.2) is 5.65 Å². The van der Waals surface area contributed by atoms with Crippen molar-refractivity contribution in [1.29, 1.82) is 0 Å². The molecule has 0 amide bonds. The molecule has 2 aromatic rings. The molecule has 0 bridgehead atoms. The van der Waals surface area contributed by atoms with Gasteiger partial charge >= 0.3 is 0 Å². The summed E-state index contributed by atoms with van der Waals surface area (Å²) in [6, 6.07) is 6.43. The molecule has 0 spiro atoms. The molecule has 0 N–H and O–H groups in total. The fourth-order valence-corrected chi connectivity index (χ4v) is 1.84. The first-order valence-electron chi connectivity index (χ1n) is 6.46. The zero-order chi connectivity index (χ0) is 13.6. The van der Waals surface area contributed by atoms with Crippen molar-refractivity contribution in [3.8, 4) is 0 Å².